The van der Waals surface area contributed by atoms with Crippen LogP contribution in [-0.4, -0.2) is 23.7 Å². The molecule has 0 aliphatic rings. The summed E-state index contributed by atoms with van der Waals surface area (Å²) in [5.41, 5.74) is 1.59. The molecule has 1 amide bonds. The van der Waals surface area contributed by atoms with Crippen molar-refractivity contribution in [1.29, 1.82) is 0 Å². The molecule has 1 atom stereocenters. The van der Waals surface area contributed by atoms with Crippen LogP contribution in [0.2, 0.25) is 0 Å². The first-order chi connectivity index (χ1) is 9.06. The molecule has 2 N–H and O–H groups in total. The molecule has 3 nitrogen and oxygen atoms in total. The van der Waals surface area contributed by atoms with E-state index in [9.17, 15) is 9.18 Å². The summed E-state index contributed by atoms with van der Waals surface area (Å²) in [5, 5.41) is 11.7. The number of carbonyl (C=O) groups excluding carboxylic acids is 1. The first-order valence-corrected chi connectivity index (χ1v) is 6.42. The summed E-state index contributed by atoms with van der Waals surface area (Å²) in [6.45, 7) is 3.82. The molecule has 1 rings (SSSR count). The third-order valence-corrected chi connectivity index (χ3v) is 2.96. The van der Waals surface area contributed by atoms with Crippen LogP contribution in [0, 0.1) is 5.82 Å². The monoisotopic (exact) mass is 265 g/mol. The van der Waals surface area contributed by atoms with Gasteiger partial charge in [0.05, 0.1) is 0 Å². The summed E-state index contributed by atoms with van der Waals surface area (Å²) in [6, 6.07) is 5.99. The number of allylic oxidation sites excluding steroid dienone is 1. The number of carbonyl (C=O) groups is 1. The molecule has 1 aromatic carbocycles. The first kappa shape index (κ1) is 15.4. The smallest absolute Gasteiger partial charge is 0.244 e. The molecule has 104 valence electrons. The summed E-state index contributed by atoms with van der Waals surface area (Å²) in [7, 11) is 0. The lowest BCUT2D eigenvalue weighted by Gasteiger charge is -2.14. The Labute approximate surface area is 113 Å². The van der Waals surface area contributed by atoms with Gasteiger partial charge in [-0.05, 0) is 43.0 Å². The number of amides is 1. The molecule has 1 aromatic rings. The lowest BCUT2D eigenvalue weighted by molar-refractivity contribution is -0.117. The highest BCUT2D eigenvalue weighted by atomic mass is 19.1. The Morgan fingerprint density at radius 2 is 2.05 bits per heavy atom. The van der Waals surface area contributed by atoms with Crippen molar-refractivity contribution in [3.8, 4) is 0 Å². The van der Waals surface area contributed by atoms with Gasteiger partial charge in [0.15, 0.2) is 0 Å². The summed E-state index contributed by atoms with van der Waals surface area (Å²) in [4.78, 5) is 11.8. The van der Waals surface area contributed by atoms with Gasteiger partial charge in [-0.2, -0.15) is 0 Å². The van der Waals surface area contributed by atoms with Crippen LogP contribution in [0.1, 0.15) is 32.3 Å². The van der Waals surface area contributed by atoms with Crippen molar-refractivity contribution < 1.29 is 14.3 Å². The predicted molar refractivity (Wildman–Crippen MR) is 74.0 cm³/mol. The molecule has 0 spiro atoms. The van der Waals surface area contributed by atoms with Crippen molar-refractivity contribution in [2.45, 2.75) is 32.7 Å². The molecule has 19 heavy (non-hydrogen) atoms. The molecule has 0 aliphatic carbocycles. The van der Waals surface area contributed by atoms with Gasteiger partial charge in [-0.1, -0.05) is 19.1 Å². The second kappa shape index (κ2) is 7.69. The highest BCUT2D eigenvalue weighted by Crippen LogP contribution is 2.13. The van der Waals surface area contributed by atoms with E-state index < -0.39 is 0 Å². The van der Waals surface area contributed by atoms with Crippen LogP contribution in [0.3, 0.4) is 0 Å². The number of nitrogens with one attached hydrogen (secondary N) is 1. The molecule has 0 bridgehead atoms. The van der Waals surface area contributed by atoms with E-state index in [4.69, 9.17) is 5.11 Å². The second-order valence-corrected chi connectivity index (χ2v) is 4.46. The van der Waals surface area contributed by atoms with Gasteiger partial charge < -0.3 is 10.4 Å². The summed E-state index contributed by atoms with van der Waals surface area (Å²) in [6.07, 6.45) is 2.81. The Morgan fingerprint density at radius 1 is 1.42 bits per heavy atom. The fraction of sp³-hybridized carbons (Fsp3) is 0.400. The number of aliphatic hydroxyl groups excluding tert-OH is 1. The molecule has 0 radical (unpaired) electrons. The largest absolute Gasteiger partial charge is 0.396 e. The minimum absolute atomic E-state index is 0.0187. The fourth-order valence-electron chi connectivity index (χ4n) is 1.77. The highest BCUT2D eigenvalue weighted by molar-refractivity contribution is 5.94. The Hall–Kier alpha value is -1.68. The first-order valence-electron chi connectivity index (χ1n) is 6.42. The van der Waals surface area contributed by atoms with Gasteiger partial charge in [0.25, 0.3) is 0 Å². The normalized spacial score (nSPS) is 13.2. The molecular weight excluding hydrogens is 245 g/mol. The van der Waals surface area contributed by atoms with Gasteiger partial charge in [0.2, 0.25) is 5.91 Å². The van der Waals surface area contributed by atoms with Crippen molar-refractivity contribution in [3.05, 3.63) is 41.7 Å². The summed E-state index contributed by atoms with van der Waals surface area (Å²) in [5.74, 6) is -0.489. The number of rotatable bonds is 6. The van der Waals surface area contributed by atoms with E-state index in [-0.39, 0.29) is 24.4 Å². The van der Waals surface area contributed by atoms with E-state index in [2.05, 4.69) is 5.32 Å². The van der Waals surface area contributed by atoms with Crippen LogP contribution in [0.15, 0.2) is 30.3 Å². The van der Waals surface area contributed by atoms with Gasteiger partial charge >= 0.3 is 0 Å². The minimum atomic E-state index is -0.296. The van der Waals surface area contributed by atoms with Gasteiger partial charge in [0.1, 0.15) is 5.82 Å². The maximum absolute atomic E-state index is 12.8. The van der Waals surface area contributed by atoms with Gasteiger partial charge in [0, 0.05) is 18.7 Å². The van der Waals surface area contributed by atoms with Crippen molar-refractivity contribution in [1.82, 2.24) is 5.32 Å². The average Bonchev–Trinajstić information content (AvgIpc) is 2.38. The average molecular weight is 265 g/mol. The van der Waals surface area contributed by atoms with Crippen LogP contribution in [0.4, 0.5) is 4.39 Å². The summed E-state index contributed by atoms with van der Waals surface area (Å²) >= 11 is 0. The van der Waals surface area contributed by atoms with E-state index in [0.717, 1.165) is 17.6 Å². The molecule has 4 heteroatoms. The lowest BCUT2D eigenvalue weighted by Crippen LogP contribution is -2.33. The van der Waals surface area contributed by atoms with Crippen molar-refractivity contribution in [3.63, 3.8) is 0 Å². The predicted octanol–water partition coefficient (Wildman–Crippen LogP) is 2.51. The number of hydrogen-bond acceptors (Lipinski definition) is 2. The van der Waals surface area contributed by atoms with Crippen molar-refractivity contribution in [2.24, 2.45) is 0 Å². The van der Waals surface area contributed by atoms with Crippen LogP contribution in [0.5, 0.6) is 0 Å². The zero-order valence-electron chi connectivity index (χ0n) is 11.3. The molecule has 0 fully saturated rings. The van der Waals surface area contributed by atoms with Crippen molar-refractivity contribution in [2.75, 3.05) is 6.61 Å². The molecule has 0 aliphatic heterocycles. The quantitative estimate of drug-likeness (QED) is 0.776. The van der Waals surface area contributed by atoms with E-state index in [1.165, 1.54) is 18.2 Å². The highest BCUT2D eigenvalue weighted by Gasteiger charge is 2.08. The van der Waals surface area contributed by atoms with Gasteiger partial charge in [-0.25, -0.2) is 4.39 Å². The SMILES string of the molecule is CCC(CCO)NC(=O)/C=C(/C)c1ccc(F)cc1. The Morgan fingerprint density at radius 3 is 2.58 bits per heavy atom. The van der Waals surface area contributed by atoms with Crippen LogP contribution >= 0.6 is 0 Å². The standard InChI is InChI=1S/C15H20FNO2/c1-3-14(8-9-18)17-15(19)10-11(2)12-4-6-13(16)7-5-12/h4-7,10,14,18H,3,8-9H2,1-2H3,(H,17,19)/b11-10-. The Bertz CT molecular complexity index is 440. The number of halogens is 1. The van der Waals surface area contributed by atoms with Gasteiger partial charge in [-0.15, -0.1) is 0 Å². The van der Waals surface area contributed by atoms with Crippen molar-refractivity contribution >= 4 is 11.5 Å². The summed E-state index contributed by atoms with van der Waals surface area (Å²) < 4.78 is 12.8. The molecular formula is C15H20FNO2. The van der Waals surface area contributed by atoms with Crippen LogP contribution in [-0.2, 0) is 4.79 Å². The molecule has 0 saturated heterocycles. The zero-order chi connectivity index (χ0) is 14.3. The molecule has 0 heterocycles. The molecule has 0 saturated carbocycles. The molecule has 1 unspecified atom stereocenters. The fourth-order valence-corrected chi connectivity index (χ4v) is 1.77. The van der Waals surface area contributed by atoms with E-state index in [1.807, 2.05) is 6.92 Å². The van der Waals surface area contributed by atoms with Crippen LogP contribution in [0.25, 0.3) is 5.57 Å². The van der Waals surface area contributed by atoms with Crippen LogP contribution < -0.4 is 5.32 Å². The van der Waals surface area contributed by atoms with Gasteiger partial charge in [-0.3, -0.25) is 4.79 Å². The molecule has 0 aromatic heterocycles. The minimum Gasteiger partial charge on any atom is -0.396 e. The Kier molecular flexibility index (Phi) is 6.22. The van der Waals surface area contributed by atoms with E-state index >= 15 is 0 Å². The van der Waals surface area contributed by atoms with E-state index in [0.29, 0.717) is 6.42 Å². The second-order valence-electron chi connectivity index (χ2n) is 4.46. The zero-order valence-corrected chi connectivity index (χ0v) is 11.3. The third-order valence-electron chi connectivity index (χ3n) is 2.96. The third kappa shape index (κ3) is 5.22. The maximum Gasteiger partial charge on any atom is 0.244 e. The maximum atomic E-state index is 12.8. The topological polar surface area (TPSA) is 49.3 Å². The lowest BCUT2D eigenvalue weighted by atomic mass is 10.1. The van der Waals surface area contributed by atoms with E-state index in [1.54, 1.807) is 19.1 Å². The Balaban J connectivity index is 2.67. The number of benzene rings is 1. The number of hydrogen-bond donors (Lipinski definition) is 2. The number of aliphatic hydroxyl groups is 1.